The molecule has 2 unspecified atom stereocenters. The maximum absolute atomic E-state index is 5.33. The fourth-order valence-corrected chi connectivity index (χ4v) is 1.18. The summed E-state index contributed by atoms with van der Waals surface area (Å²) in [5.41, 5.74) is 2.59. The van der Waals surface area contributed by atoms with Gasteiger partial charge in [0.2, 0.25) is 5.96 Å². The van der Waals surface area contributed by atoms with Gasteiger partial charge in [-0.3, -0.25) is 10.4 Å². The van der Waals surface area contributed by atoms with Crippen LogP contribution in [0.3, 0.4) is 0 Å². The van der Waals surface area contributed by atoms with Crippen LogP contribution < -0.4 is 16.6 Å². The number of nitrogens with one attached hydrogen (secondary N) is 2. The van der Waals surface area contributed by atoms with Gasteiger partial charge in [-0.1, -0.05) is 20.3 Å². The minimum atomic E-state index is 0.580. The van der Waals surface area contributed by atoms with Crippen LogP contribution in [0.1, 0.15) is 33.1 Å². The molecule has 2 atom stereocenters. The molecular formula is C9H20N4. The highest BCUT2D eigenvalue weighted by Gasteiger charge is 2.32. The second-order valence-corrected chi connectivity index (χ2v) is 3.69. The van der Waals surface area contributed by atoms with E-state index in [1.54, 1.807) is 0 Å². The summed E-state index contributed by atoms with van der Waals surface area (Å²) < 4.78 is 0. The summed E-state index contributed by atoms with van der Waals surface area (Å²) in [6.07, 6.45) is 3.52. The summed E-state index contributed by atoms with van der Waals surface area (Å²) in [5, 5.41) is 3.26. The van der Waals surface area contributed by atoms with Gasteiger partial charge in [0.05, 0.1) is 0 Å². The molecule has 4 nitrogen and oxygen atoms in total. The van der Waals surface area contributed by atoms with Crippen molar-refractivity contribution in [3.05, 3.63) is 0 Å². The fourth-order valence-electron chi connectivity index (χ4n) is 1.18. The summed E-state index contributed by atoms with van der Waals surface area (Å²) in [6, 6.07) is 0.580. The molecule has 1 aliphatic rings. The second kappa shape index (κ2) is 5.07. The normalized spacial score (nSPS) is 27.2. The van der Waals surface area contributed by atoms with Crippen molar-refractivity contribution in [3.63, 3.8) is 0 Å². The Balaban J connectivity index is 2.20. The Hall–Kier alpha value is -0.770. The SMILES string of the molecule is CCCCN=C(NN)NC1CC1C. The average Bonchev–Trinajstić information content (AvgIpc) is 2.80. The molecule has 0 aromatic carbocycles. The number of hydrogen-bond donors (Lipinski definition) is 3. The van der Waals surface area contributed by atoms with E-state index >= 15 is 0 Å². The van der Waals surface area contributed by atoms with E-state index in [4.69, 9.17) is 5.84 Å². The minimum Gasteiger partial charge on any atom is -0.352 e. The number of nitrogens with two attached hydrogens (primary N) is 1. The first kappa shape index (κ1) is 10.3. The molecule has 4 N–H and O–H groups in total. The van der Waals surface area contributed by atoms with E-state index in [0.29, 0.717) is 6.04 Å². The average molecular weight is 184 g/mol. The highest BCUT2D eigenvalue weighted by Crippen LogP contribution is 2.28. The Morgan fingerprint density at radius 2 is 2.31 bits per heavy atom. The van der Waals surface area contributed by atoms with Crippen molar-refractivity contribution in [2.24, 2.45) is 16.8 Å². The van der Waals surface area contributed by atoms with Crippen LogP contribution in [-0.4, -0.2) is 18.5 Å². The third kappa shape index (κ3) is 3.63. The lowest BCUT2D eigenvalue weighted by Crippen LogP contribution is -2.43. The van der Waals surface area contributed by atoms with E-state index in [2.05, 4.69) is 29.6 Å². The largest absolute Gasteiger partial charge is 0.352 e. The molecular weight excluding hydrogens is 164 g/mol. The minimum absolute atomic E-state index is 0.580. The van der Waals surface area contributed by atoms with Gasteiger partial charge in [-0.2, -0.15) is 0 Å². The van der Waals surface area contributed by atoms with Crippen LogP contribution in [0.4, 0.5) is 0 Å². The molecule has 76 valence electrons. The molecule has 0 aromatic heterocycles. The number of unbranched alkanes of at least 4 members (excludes halogenated alkanes) is 1. The molecule has 0 radical (unpaired) electrons. The zero-order valence-electron chi connectivity index (χ0n) is 8.51. The zero-order valence-corrected chi connectivity index (χ0v) is 8.51. The number of aliphatic imine (C=N–C) groups is 1. The quantitative estimate of drug-likeness (QED) is 0.197. The van der Waals surface area contributed by atoms with E-state index < -0.39 is 0 Å². The lowest BCUT2D eigenvalue weighted by atomic mass is 10.3. The van der Waals surface area contributed by atoms with Crippen molar-refractivity contribution in [1.29, 1.82) is 0 Å². The number of nitrogens with zero attached hydrogens (tertiary/aromatic N) is 1. The number of hydrogen-bond acceptors (Lipinski definition) is 2. The molecule has 0 bridgehead atoms. The monoisotopic (exact) mass is 184 g/mol. The van der Waals surface area contributed by atoms with E-state index in [1.165, 1.54) is 12.8 Å². The zero-order chi connectivity index (χ0) is 9.68. The van der Waals surface area contributed by atoms with E-state index in [0.717, 1.165) is 24.8 Å². The highest BCUT2D eigenvalue weighted by atomic mass is 15.3. The molecule has 0 aliphatic heterocycles. The molecule has 0 aromatic rings. The fraction of sp³-hybridized carbons (Fsp3) is 0.889. The third-order valence-electron chi connectivity index (χ3n) is 2.35. The third-order valence-corrected chi connectivity index (χ3v) is 2.35. The summed E-state index contributed by atoms with van der Waals surface area (Å²) in [5.74, 6) is 6.84. The predicted molar refractivity (Wildman–Crippen MR) is 55.2 cm³/mol. The Kier molecular flexibility index (Phi) is 4.02. The van der Waals surface area contributed by atoms with Crippen LogP contribution in [0.25, 0.3) is 0 Å². The first-order chi connectivity index (χ1) is 6.27. The highest BCUT2D eigenvalue weighted by molar-refractivity contribution is 5.79. The topological polar surface area (TPSA) is 62.4 Å². The van der Waals surface area contributed by atoms with Gasteiger partial charge in [-0.05, 0) is 18.8 Å². The van der Waals surface area contributed by atoms with Crippen LogP contribution in [-0.2, 0) is 0 Å². The molecule has 0 spiro atoms. The summed E-state index contributed by atoms with van der Waals surface area (Å²) >= 11 is 0. The van der Waals surface area contributed by atoms with Gasteiger partial charge in [0.15, 0.2) is 0 Å². The van der Waals surface area contributed by atoms with Crippen molar-refractivity contribution in [2.45, 2.75) is 39.2 Å². The molecule has 0 amide bonds. The van der Waals surface area contributed by atoms with E-state index in [1.807, 2.05) is 0 Å². The van der Waals surface area contributed by atoms with Crippen molar-refractivity contribution in [1.82, 2.24) is 10.7 Å². The van der Waals surface area contributed by atoms with Crippen LogP contribution in [0, 0.1) is 5.92 Å². The Bertz CT molecular complexity index is 178. The lowest BCUT2D eigenvalue weighted by Gasteiger charge is -2.07. The van der Waals surface area contributed by atoms with Crippen LogP contribution in [0.15, 0.2) is 4.99 Å². The van der Waals surface area contributed by atoms with Crippen LogP contribution >= 0.6 is 0 Å². The van der Waals surface area contributed by atoms with Crippen molar-refractivity contribution in [2.75, 3.05) is 6.54 Å². The number of hydrazine groups is 1. The molecule has 4 heteroatoms. The smallest absolute Gasteiger partial charge is 0.205 e. The molecule has 0 heterocycles. The molecule has 0 saturated heterocycles. The van der Waals surface area contributed by atoms with Gasteiger partial charge in [0, 0.05) is 12.6 Å². The summed E-state index contributed by atoms with van der Waals surface area (Å²) in [4.78, 5) is 4.32. The van der Waals surface area contributed by atoms with Gasteiger partial charge >= 0.3 is 0 Å². The molecule has 1 rings (SSSR count). The summed E-state index contributed by atoms with van der Waals surface area (Å²) in [7, 11) is 0. The van der Waals surface area contributed by atoms with E-state index in [9.17, 15) is 0 Å². The number of guanidine groups is 1. The van der Waals surface area contributed by atoms with Crippen LogP contribution in [0.2, 0.25) is 0 Å². The van der Waals surface area contributed by atoms with Crippen molar-refractivity contribution >= 4 is 5.96 Å². The predicted octanol–water partition coefficient (Wildman–Crippen LogP) is 0.604. The van der Waals surface area contributed by atoms with Gasteiger partial charge in [-0.15, -0.1) is 0 Å². The maximum atomic E-state index is 5.33. The standard InChI is InChI=1S/C9H20N4/c1-3-4-5-11-9(13-10)12-8-6-7(8)2/h7-8H,3-6,10H2,1-2H3,(H2,11,12,13). The lowest BCUT2D eigenvalue weighted by molar-refractivity contribution is 0.752. The van der Waals surface area contributed by atoms with Gasteiger partial charge in [-0.25, -0.2) is 5.84 Å². The first-order valence-corrected chi connectivity index (χ1v) is 5.05. The second-order valence-electron chi connectivity index (χ2n) is 3.69. The van der Waals surface area contributed by atoms with E-state index in [-0.39, 0.29) is 0 Å². The first-order valence-electron chi connectivity index (χ1n) is 5.05. The van der Waals surface area contributed by atoms with Crippen molar-refractivity contribution in [3.8, 4) is 0 Å². The molecule has 1 fully saturated rings. The van der Waals surface area contributed by atoms with Gasteiger partial charge in [0.1, 0.15) is 0 Å². The van der Waals surface area contributed by atoms with Gasteiger partial charge < -0.3 is 5.32 Å². The van der Waals surface area contributed by atoms with Crippen molar-refractivity contribution < 1.29 is 0 Å². The Labute approximate surface area is 80.0 Å². The Morgan fingerprint density at radius 3 is 2.77 bits per heavy atom. The Morgan fingerprint density at radius 1 is 1.62 bits per heavy atom. The van der Waals surface area contributed by atoms with Gasteiger partial charge in [0.25, 0.3) is 0 Å². The molecule has 1 saturated carbocycles. The molecule has 1 aliphatic carbocycles. The maximum Gasteiger partial charge on any atom is 0.205 e. The molecule has 13 heavy (non-hydrogen) atoms. The number of rotatable bonds is 4. The van der Waals surface area contributed by atoms with Crippen LogP contribution in [0.5, 0.6) is 0 Å². The summed E-state index contributed by atoms with van der Waals surface area (Å²) in [6.45, 7) is 5.23.